The minimum atomic E-state index is 0.689. The Labute approximate surface area is 155 Å². The molecule has 0 saturated heterocycles. The molecule has 0 aliphatic rings. The third-order valence-corrected chi connectivity index (χ3v) is 3.88. The van der Waals surface area contributed by atoms with E-state index < -0.39 is 0 Å². The van der Waals surface area contributed by atoms with Crippen LogP contribution in [0, 0.1) is 0 Å². The largest absolute Gasteiger partial charge is 0.497 e. The van der Waals surface area contributed by atoms with Gasteiger partial charge in [0.25, 0.3) is 0 Å². The van der Waals surface area contributed by atoms with Crippen LogP contribution < -0.4 is 20.1 Å². The first-order valence-corrected chi connectivity index (χ1v) is 8.89. The first-order valence-electron chi connectivity index (χ1n) is 8.89. The molecule has 6 nitrogen and oxygen atoms in total. The maximum Gasteiger partial charge on any atom is 0.191 e. The van der Waals surface area contributed by atoms with Crippen molar-refractivity contribution < 1.29 is 9.47 Å². The average molecular weight is 356 g/mol. The van der Waals surface area contributed by atoms with E-state index in [1.165, 1.54) is 0 Å². The Morgan fingerprint density at radius 3 is 2.65 bits per heavy atom. The highest BCUT2D eigenvalue weighted by atomic mass is 16.5. The van der Waals surface area contributed by atoms with E-state index in [2.05, 4.69) is 27.5 Å². The molecule has 0 aliphatic carbocycles. The van der Waals surface area contributed by atoms with E-state index in [9.17, 15) is 0 Å². The highest BCUT2D eigenvalue weighted by molar-refractivity contribution is 5.79. The molecule has 0 fully saturated rings. The Morgan fingerprint density at radius 1 is 1.08 bits per heavy atom. The zero-order valence-corrected chi connectivity index (χ0v) is 15.8. The molecule has 1 aromatic carbocycles. The summed E-state index contributed by atoms with van der Waals surface area (Å²) in [5.74, 6) is 2.51. The minimum absolute atomic E-state index is 0.689. The van der Waals surface area contributed by atoms with Crippen molar-refractivity contribution in [1.29, 1.82) is 0 Å². The van der Waals surface area contributed by atoms with Crippen molar-refractivity contribution in [3.63, 3.8) is 0 Å². The monoisotopic (exact) mass is 356 g/mol. The smallest absolute Gasteiger partial charge is 0.191 e. The molecule has 2 rings (SSSR count). The summed E-state index contributed by atoms with van der Waals surface area (Å²) in [5, 5.41) is 6.64. The van der Waals surface area contributed by atoms with Crippen molar-refractivity contribution in [2.24, 2.45) is 4.99 Å². The number of pyridine rings is 1. The van der Waals surface area contributed by atoms with Gasteiger partial charge in [0.05, 0.1) is 14.2 Å². The minimum Gasteiger partial charge on any atom is -0.497 e. The Morgan fingerprint density at radius 2 is 1.96 bits per heavy atom. The molecule has 1 heterocycles. The molecule has 0 saturated carbocycles. The van der Waals surface area contributed by atoms with Crippen LogP contribution in [0.15, 0.2) is 47.6 Å². The lowest BCUT2D eigenvalue weighted by Crippen LogP contribution is -2.38. The molecule has 0 radical (unpaired) electrons. The molecule has 1 aromatic heterocycles. The van der Waals surface area contributed by atoms with Crippen LogP contribution in [0.1, 0.15) is 18.2 Å². The number of methoxy groups -OCH3 is 2. The van der Waals surface area contributed by atoms with Crippen LogP contribution in [0.3, 0.4) is 0 Å². The van der Waals surface area contributed by atoms with E-state index in [4.69, 9.17) is 9.47 Å². The number of rotatable bonds is 9. The standard InChI is InChI=1S/C20H28N4O2/c1-4-21-20(24-14-11-17-7-5-6-12-22-17)23-13-10-16-15-18(25-2)8-9-19(16)26-3/h5-9,12,15H,4,10-11,13-14H2,1-3H3,(H2,21,23,24). The van der Waals surface area contributed by atoms with Crippen molar-refractivity contribution in [2.75, 3.05) is 33.9 Å². The van der Waals surface area contributed by atoms with Gasteiger partial charge in [0.15, 0.2) is 5.96 Å². The summed E-state index contributed by atoms with van der Waals surface area (Å²) in [7, 11) is 3.35. The highest BCUT2D eigenvalue weighted by Gasteiger charge is 2.06. The van der Waals surface area contributed by atoms with Gasteiger partial charge in [-0.05, 0) is 49.2 Å². The molecule has 0 spiro atoms. The first-order chi connectivity index (χ1) is 12.8. The summed E-state index contributed by atoms with van der Waals surface area (Å²) in [6.07, 6.45) is 3.44. The third kappa shape index (κ3) is 6.27. The molecule has 140 valence electrons. The molecule has 0 atom stereocenters. The Hall–Kier alpha value is -2.76. The second kappa shape index (κ2) is 11.0. The van der Waals surface area contributed by atoms with Crippen LogP contribution in [0.25, 0.3) is 0 Å². The maximum absolute atomic E-state index is 5.43. The molecule has 6 heteroatoms. The zero-order chi connectivity index (χ0) is 18.6. The Kier molecular flexibility index (Phi) is 8.26. The van der Waals surface area contributed by atoms with Gasteiger partial charge < -0.3 is 20.1 Å². The number of ether oxygens (including phenoxy) is 2. The summed E-state index contributed by atoms with van der Waals surface area (Å²) in [6.45, 7) is 4.31. The van der Waals surface area contributed by atoms with Crippen LogP contribution in [-0.4, -0.2) is 44.8 Å². The fourth-order valence-electron chi connectivity index (χ4n) is 2.56. The van der Waals surface area contributed by atoms with Crippen LogP contribution in [0.5, 0.6) is 11.5 Å². The predicted molar refractivity (Wildman–Crippen MR) is 105 cm³/mol. The van der Waals surface area contributed by atoms with Crippen LogP contribution in [0.4, 0.5) is 0 Å². The second-order valence-electron chi connectivity index (χ2n) is 5.69. The molecule has 0 amide bonds. The van der Waals surface area contributed by atoms with Gasteiger partial charge in [-0.2, -0.15) is 0 Å². The van der Waals surface area contributed by atoms with E-state index in [-0.39, 0.29) is 0 Å². The molecule has 0 bridgehead atoms. The third-order valence-electron chi connectivity index (χ3n) is 3.88. The Bertz CT molecular complexity index is 689. The van der Waals surface area contributed by atoms with E-state index in [0.29, 0.717) is 6.54 Å². The van der Waals surface area contributed by atoms with Crippen LogP contribution in [-0.2, 0) is 12.8 Å². The predicted octanol–water partition coefficient (Wildman–Crippen LogP) is 2.44. The van der Waals surface area contributed by atoms with Crippen molar-refractivity contribution in [2.45, 2.75) is 19.8 Å². The van der Waals surface area contributed by atoms with Gasteiger partial charge in [-0.3, -0.25) is 9.98 Å². The maximum atomic E-state index is 5.43. The molecular formula is C20H28N4O2. The molecule has 2 N–H and O–H groups in total. The topological polar surface area (TPSA) is 67.8 Å². The van der Waals surface area contributed by atoms with Crippen LogP contribution in [0.2, 0.25) is 0 Å². The summed E-state index contributed by atoms with van der Waals surface area (Å²) >= 11 is 0. The van der Waals surface area contributed by atoms with Crippen molar-refractivity contribution in [3.05, 3.63) is 53.9 Å². The number of nitrogens with one attached hydrogen (secondary N) is 2. The number of guanidine groups is 1. The lowest BCUT2D eigenvalue weighted by atomic mass is 10.1. The van der Waals surface area contributed by atoms with E-state index in [1.807, 2.05) is 42.6 Å². The second-order valence-corrected chi connectivity index (χ2v) is 5.69. The lowest BCUT2D eigenvalue weighted by Gasteiger charge is -2.13. The summed E-state index contributed by atoms with van der Waals surface area (Å²) < 4.78 is 10.7. The van der Waals surface area contributed by atoms with Gasteiger partial charge in [0.1, 0.15) is 11.5 Å². The normalized spacial score (nSPS) is 11.1. The molecule has 26 heavy (non-hydrogen) atoms. The van der Waals surface area contributed by atoms with Crippen molar-refractivity contribution in [1.82, 2.24) is 15.6 Å². The number of hydrogen-bond acceptors (Lipinski definition) is 4. The number of nitrogens with zero attached hydrogens (tertiary/aromatic N) is 2. The van der Waals surface area contributed by atoms with Crippen LogP contribution >= 0.6 is 0 Å². The van der Waals surface area contributed by atoms with Gasteiger partial charge in [0, 0.05) is 37.9 Å². The highest BCUT2D eigenvalue weighted by Crippen LogP contribution is 2.24. The summed E-state index contributed by atoms with van der Waals surface area (Å²) in [5.41, 5.74) is 2.15. The van der Waals surface area contributed by atoms with E-state index in [0.717, 1.165) is 54.6 Å². The van der Waals surface area contributed by atoms with Gasteiger partial charge in [0.2, 0.25) is 0 Å². The van der Waals surface area contributed by atoms with E-state index >= 15 is 0 Å². The number of aliphatic imine (C=N–C) groups is 1. The quantitative estimate of drug-likeness (QED) is 0.534. The molecule has 0 aliphatic heterocycles. The first kappa shape index (κ1) is 19.6. The zero-order valence-electron chi connectivity index (χ0n) is 15.8. The van der Waals surface area contributed by atoms with Gasteiger partial charge >= 0.3 is 0 Å². The van der Waals surface area contributed by atoms with Gasteiger partial charge in [-0.15, -0.1) is 0 Å². The number of benzene rings is 1. The summed E-state index contributed by atoms with van der Waals surface area (Å²) in [4.78, 5) is 8.94. The fourth-order valence-corrected chi connectivity index (χ4v) is 2.56. The van der Waals surface area contributed by atoms with Crippen molar-refractivity contribution >= 4 is 5.96 Å². The van der Waals surface area contributed by atoms with E-state index in [1.54, 1.807) is 14.2 Å². The molecular weight excluding hydrogens is 328 g/mol. The molecule has 2 aromatic rings. The molecule has 0 unspecified atom stereocenters. The average Bonchev–Trinajstić information content (AvgIpc) is 2.68. The lowest BCUT2D eigenvalue weighted by molar-refractivity contribution is 0.398. The fraction of sp³-hybridized carbons (Fsp3) is 0.400. The Balaban J connectivity index is 1.88. The summed E-state index contributed by atoms with van der Waals surface area (Å²) in [6, 6.07) is 11.8. The van der Waals surface area contributed by atoms with Crippen molar-refractivity contribution in [3.8, 4) is 11.5 Å². The SMILES string of the molecule is CCNC(=NCCc1ccccn1)NCCc1cc(OC)ccc1OC. The number of hydrogen-bond donors (Lipinski definition) is 2. The van der Waals surface area contributed by atoms with Gasteiger partial charge in [-0.25, -0.2) is 0 Å². The number of aromatic nitrogens is 1. The van der Waals surface area contributed by atoms with Gasteiger partial charge in [-0.1, -0.05) is 6.07 Å².